The van der Waals surface area contributed by atoms with Crippen molar-refractivity contribution >= 4 is 27.4 Å². The molecule has 4 aromatic rings. The summed E-state index contributed by atoms with van der Waals surface area (Å²) >= 11 is 6.44. The van der Waals surface area contributed by atoms with E-state index in [9.17, 15) is 13.6 Å². The van der Waals surface area contributed by atoms with E-state index in [0.29, 0.717) is 16.0 Å². The van der Waals surface area contributed by atoms with Gasteiger partial charge in [-0.3, -0.25) is 4.72 Å². The number of rotatable bonds is 7. The van der Waals surface area contributed by atoms with Crippen molar-refractivity contribution in [2.24, 2.45) is 0 Å². The summed E-state index contributed by atoms with van der Waals surface area (Å²) in [5.41, 5.74) is 1.36. The summed E-state index contributed by atoms with van der Waals surface area (Å²) in [7, 11) is -2.57. The Kier molecular flexibility index (Phi) is 6.53. The highest BCUT2D eigenvalue weighted by Gasteiger charge is 2.23. The molecular weight excluding hydrogens is 480 g/mol. The van der Waals surface area contributed by atoms with E-state index in [0.717, 1.165) is 5.56 Å². The molecular formula is C23H19ClN4O5S. The second-order valence-corrected chi connectivity index (χ2v) is 9.17. The van der Waals surface area contributed by atoms with Gasteiger partial charge in [-0.15, -0.1) is 0 Å². The van der Waals surface area contributed by atoms with Crippen LogP contribution in [0.5, 0.6) is 17.2 Å². The van der Waals surface area contributed by atoms with E-state index in [-0.39, 0.29) is 33.2 Å². The van der Waals surface area contributed by atoms with Gasteiger partial charge in [-0.1, -0.05) is 41.4 Å². The third-order valence-corrected chi connectivity index (χ3v) is 6.34. The SMILES string of the molecule is COc1ccccc1Oc1c(Cl)nc(-c2cc[n+]([O-])cc2)nc1NS(=O)(=O)c1ccc(C)cc1. The van der Waals surface area contributed by atoms with Gasteiger partial charge >= 0.3 is 0 Å². The van der Waals surface area contributed by atoms with E-state index in [1.54, 1.807) is 36.4 Å². The average Bonchev–Trinajstić information content (AvgIpc) is 2.82. The van der Waals surface area contributed by atoms with Crippen molar-refractivity contribution in [1.82, 2.24) is 9.97 Å². The van der Waals surface area contributed by atoms with Gasteiger partial charge in [0.15, 0.2) is 40.7 Å². The second kappa shape index (κ2) is 9.54. The lowest BCUT2D eigenvalue weighted by atomic mass is 10.2. The van der Waals surface area contributed by atoms with Gasteiger partial charge in [-0.2, -0.15) is 4.73 Å². The number of benzene rings is 2. The van der Waals surface area contributed by atoms with E-state index in [2.05, 4.69) is 14.7 Å². The minimum atomic E-state index is -4.05. The molecule has 2 aromatic heterocycles. The third kappa shape index (κ3) is 5.03. The molecule has 0 aliphatic carbocycles. The average molecular weight is 499 g/mol. The molecule has 4 rings (SSSR count). The number of aromatic nitrogens is 3. The van der Waals surface area contributed by atoms with Crippen molar-refractivity contribution in [1.29, 1.82) is 0 Å². The van der Waals surface area contributed by atoms with Crippen molar-refractivity contribution in [2.75, 3.05) is 11.8 Å². The van der Waals surface area contributed by atoms with Gasteiger partial charge in [0.2, 0.25) is 5.75 Å². The van der Waals surface area contributed by atoms with Gasteiger partial charge in [0.05, 0.1) is 12.0 Å². The minimum Gasteiger partial charge on any atom is -0.619 e. The fraction of sp³-hybridized carbons (Fsp3) is 0.0870. The molecule has 0 aliphatic rings. The normalized spacial score (nSPS) is 11.1. The number of aryl methyl sites for hydroxylation is 1. The molecule has 1 N–H and O–H groups in total. The summed E-state index contributed by atoms with van der Waals surface area (Å²) in [4.78, 5) is 8.62. The Hall–Kier alpha value is -3.89. The largest absolute Gasteiger partial charge is 0.619 e. The van der Waals surface area contributed by atoms with Crippen molar-refractivity contribution in [2.45, 2.75) is 11.8 Å². The highest BCUT2D eigenvalue weighted by molar-refractivity contribution is 7.92. The monoisotopic (exact) mass is 498 g/mol. The first-order valence-electron chi connectivity index (χ1n) is 9.94. The van der Waals surface area contributed by atoms with Crippen LogP contribution in [0.4, 0.5) is 5.82 Å². The summed E-state index contributed by atoms with van der Waals surface area (Å²) in [6.45, 7) is 1.85. The number of anilines is 1. The molecule has 2 heterocycles. The van der Waals surface area contributed by atoms with Gasteiger partial charge in [0.25, 0.3) is 10.0 Å². The van der Waals surface area contributed by atoms with Gasteiger partial charge in [-0.25, -0.2) is 18.4 Å². The van der Waals surface area contributed by atoms with Crippen LogP contribution in [0.15, 0.2) is 78.0 Å². The Morgan fingerprint density at radius 3 is 2.26 bits per heavy atom. The molecule has 0 amide bonds. The Morgan fingerprint density at radius 1 is 0.971 bits per heavy atom. The molecule has 0 radical (unpaired) electrons. The van der Waals surface area contributed by atoms with Crippen LogP contribution in [-0.4, -0.2) is 25.5 Å². The molecule has 0 aliphatic heterocycles. The topological polar surface area (TPSA) is 117 Å². The van der Waals surface area contributed by atoms with E-state index >= 15 is 0 Å². The number of hydrogen-bond donors (Lipinski definition) is 1. The molecule has 0 saturated heterocycles. The predicted molar refractivity (Wildman–Crippen MR) is 126 cm³/mol. The quantitative estimate of drug-likeness (QED) is 0.229. The lowest BCUT2D eigenvalue weighted by Gasteiger charge is -2.16. The number of para-hydroxylation sites is 2. The number of sulfonamides is 1. The van der Waals surface area contributed by atoms with Crippen molar-refractivity contribution in [3.05, 3.63) is 89.0 Å². The van der Waals surface area contributed by atoms with Gasteiger partial charge in [0, 0.05) is 17.7 Å². The smallest absolute Gasteiger partial charge is 0.263 e. The first-order valence-corrected chi connectivity index (χ1v) is 11.8. The molecule has 0 saturated carbocycles. The van der Waals surface area contributed by atoms with Gasteiger partial charge < -0.3 is 14.7 Å². The summed E-state index contributed by atoms with van der Waals surface area (Å²) in [6.07, 6.45) is 2.53. The lowest BCUT2D eigenvalue weighted by molar-refractivity contribution is -0.605. The number of halogens is 1. The maximum atomic E-state index is 13.1. The Balaban J connectivity index is 1.83. The number of nitrogens with one attached hydrogen (secondary N) is 1. The van der Waals surface area contributed by atoms with Crippen molar-refractivity contribution in [3.8, 4) is 28.6 Å². The van der Waals surface area contributed by atoms with E-state index < -0.39 is 10.0 Å². The van der Waals surface area contributed by atoms with Crippen LogP contribution in [0.3, 0.4) is 0 Å². The van der Waals surface area contributed by atoms with Gasteiger partial charge in [0.1, 0.15) is 0 Å². The molecule has 0 bridgehead atoms. The van der Waals surface area contributed by atoms with Crippen LogP contribution in [0.25, 0.3) is 11.4 Å². The second-order valence-electron chi connectivity index (χ2n) is 7.13. The zero-order valence-electron chi connectivity index (χ0n) is 18.1. The fourth-order valence-electron chi connectivity index (χ4n) is 2.99. The molecule has 0 unspecified atom stereocenters. The van der Waals surface area contributed by atoms with Crippen LogP contribution in [-0.2, 0) is 10.0 Å². The highest BCUT2D eigenvalue weighted by Crippen LogP contribution is 2.40. The number of nitrogens with zero attached hydrogens (tertiary/aromatic N) is 3. The molecule has 0 atom stereocenters. The van der Waals surface area contributed by atoms with E-state index in [4.69, 9.17) is 21.1 Å². The third-order valence-electron chi connectivity index (χ3n) is 4.73. The Labute approximate surface area is 201 Å². The predicted octanol–water partition coefficient (Wildman–Crippen LogP) is 4.34. The van der Waals surface area contributed by atoms with Crippen LogP contribution in [0.2, 0.25) is 5.15 Å². The molecule has 9 nitrogen and oxygen atoms in total. The number of ether oxygens (including phenoxy) is 2. The molecule has 2 aromatic carbocycles. The number of pyridine rings is 1. The first kappa shape index (κ1) is 23.3. The maximum Gasteiger partial charge on any atom is 0.263 e. The van der Waals surface area contributed by atoms with Crippen molar-refractivity contribution in [3.63, 3.8) is 0 Å². The van der Waals surface area contributed by atoms with Gasteiger partial charge in [-0.05, 0) is 31.2 Å². The summed E-state index contributed by atoms with van der Waals surface area (Å²) < 4.78 is 40.5. The maximum absolute atomic E-state index is 13.1. The van der Waals surface area contributed by atoms with Crippen molar-refractivity contribution < 1.29 is 22.6 Å². The number of methoxy groups -OCH3 is 1. The molecule has 34 heavy (non-hydrogen) atoms. The summed E-state index contributed by atoms with van der Waals surface area (Å²) in [6, 6.07) is 16.1. The Morgan fingerprint density at radius 2 is 1.62 bits per heavy atom. The Bertz CT molecular complexity index is 1430. The van der Waals surface area contributed by atoms with E-state index in [1.165, 1.54) is 43.8 Å². The van der Waals surface area contributed by atoms with Crippen LogP contribution in [0.1, 0.15) is 5.56 Å². The first-order chi connectivity index (χ1) is 16.3. The molecule has 174 valence electrons. The van der Waals surface area contributed by atoms with E-state index in [1.807, 2.05) is 6.92 Å². The molecule has 11 heteroatoms. The van der Waals surface area contributed by atoms with Crippen LogP contribution in [0, 0.1) is 12.1 Å². The lowest BCUT2D eigenvalue weighted by Crippen LogP contribution is -2.23. The molecule has 0 spiro atoms. The minimum absolute atomic E-state index is 0.0322. The highest BCUT2D eigenvalue weighted by atomic mass is 35.5. The summed E-state index contributed by atoms with van der Waals surface area (Å²) in [5.74, 6) is 0.490. The zero-order valence-corrected chi connectivity index (χ0v) is 19.7. The zero-order chi connectivity index (χ0) is 24.3. The van der Waals surface area contributed by atoms with Crippen LogP contribution >= 0.6 is 11.6 Å². The summed E-state index contributed by atoms with van der Waals surface area (Å²) in [5, 5.41) is 11.3. The van der Waals surface area contributed by atoms with Crippen LogP contribution < -0.4 is 18.9 Å². The standard InChI is InChI=1S/C23H19ClN4O5S/c1-15-7-9-17(10-8-15)34(30,31)27-23-20(33-19-6-4-3-5-18(19)32-2)21(24)25-22(26-23)16-11-13-28(29)14-12-16/h3-14H,1-2H3,(H,25,26,27). The molecule has 0 fully saturated rings. The number of hydrogen-bond acceptors (Lipinski definition) is 7. The fourth-order valence-corrected chi connectivity index (χ4v) is 4.20.